The van der Waals surface area contributed by atoms with Gasteiger partial charge < -0.3 is 5.32 Å². The summed E-state index contributed by atoms with van der Waals surface area (Å²) in [5, 5.41) is 4.33. The van der Waals surface area contributed by atoms with Gasteiger partial charge in [-0.15, -0.1) is 0 Å². The second-order valence-electron chi connectivity index (χ2n) is 4.85. The topological polar surface area (TPSA) is 54.9 Å². The lowest BCUT2D eigenvalue weighted by Crippen LogP contribution is -2.15. The highest BCUT2D eigenvalue weighted by atomic mass is 35.5. The molecule has 0 fully saturated rings. The molecule has 116 valence electrons. The van der Waals surface area contributed by atoms with Crippen LogP contribution in [0.4, 0.5) is 5.69 Å². The predicted molar refractivity (Wildman–Crippen MR) is 91.6 cm³/mol. The Kier molecular flexibility index (Phi) is 6.21. The molecule has 1 aromatic carbocycles. The van der Waals surface area contributed by atoms with Crippen LogP contribution in [0.3, 0.4) is 0 Å². The minimum absolute atomic E-state index is 0.0778. The summed E-state index contributed by atoms with van der Waals surface area (Å²) >= 11 is 7.45. The molecule has 0 aliphatic heterocycles. The van der Waals surface area contributed by atoms with Gasteiger partial charge in [-0.1, -0.05) is 42.8 Å². The minimum atomic E-state index is -0.0778. The highest BCUT2D eigenvalue weighted by Gasteiger charge is 2.08. The van der Waals surface area contributed by atoms with Crippen molar-refractivity contribution in [3.8, 4) is 0 Å². The molecule has 1 aromatic heterocycles. The van der Waals surface area contributed by atoms with Crippen molar-refractivity contribution in [1.82, 2.24) is 9.97 Å². The summed E-state index contributed by atoms with van der Waals surface area (Å²) in [7, 11) is 0. The lowest BCUT2D eigenvalue weighted by molar-refractivity contribution is -0.113. The van der Waals surface area contributed by atoms with Gasteiger partial charge in [0.15, 0.2) is 0 Å². The molecule has 0 saturated carbocycles. The first-order valence-corrected chi connectivity index (χ1v) is 8.45. The molecule has 2 aromatic rings. The number of hydrogen-bond donors (Lipinski definition) is 1. The normalized spacial score (nSPS) is 10.5. The van der Waals surface area contributed by atoms with Crippen LogP contribution < -0.4 is 5.32 Å². The molecular formula is C16H18ClN3OS. The van der Waals surface area contributed by atoms with Crippen molar-refractivity contribution >= 4 is 35.0 Å². The van der Waals surface area contributed by atoms with Crippen molar-refractivity contribution in [2.24, 2.45) is 0 Å². The van der Waals surface area contributed by atoms with E-state index in [0.717, 1.165) is 34.8 Å². The average Bonchev–Trinajstić information content (AvgIpc) is 2.51. The van der Waals surface area contributed by atoms with Crippen molar-refractivity contribution in [3.63, 3.8) is 0 Å². The molecule has 22 heavy (non-hydrogen) atoms. The van der Waals surface area contributed by atoms with Gasteiger partial charge in [0.05, 0.1) is 5.75 Å². The van der Waals surface area contributed by atoms with E-state index in [9.17, 15) is 4.79 Å². The van der Waals surface area contributed by atoms with E-state index >= 15 is 0 Å². The monoisotopic (exact) mass is 335 g/mol. The molecule has 0 bridgehead atoms. The van der Waals surface area contributed by atoms with Crippen LogP contribution in [0.1, 0.15) is 24.6 Å². The van der Waals surface area contributed by atoms with Gasteiger partial charge in [0, 0.05) is 16.4 Å². The number of nitrogens with zero attached hydrogens (tertiary/aromatic N) is 2. The van der Waals surface area contributed by atoms with Crippen LogP contribution in [-0.4, -0.2) is 21.6 Å². The lowest BCUT2D eigenvalue weighted by Gasteiger charge is -2.09. The quantitative estimate of drug-likeness (QED) is 0.637. The molecule has 0 atom stereocenters. The third-order valence-electron chi connectivity index (χ3n) is 3.10. The number of thioether (sulfide) groups is 1. The third-order valence-corrected chi connectivity index (χ3v) is 4.43. The van der Waals surface area contributed by atoms with Crippen molar-refractivity contribution in [2.45, 2.75) is 31.7 Å². The number of aryl methyl sites for hydroxylation is 1. The van der Waals surface area contributed by atoms with Crippen LogP contribution in [0.5, 0.6) is 0 Å². The fraction of sp³-hybridized carbons (Fsp3) is 0.312. The van der Waals surface area contributed by atoms with Crippen LogP contribution >= 0.6 is 23.4 Å². The van der Waals surface area contributed by atoms with Gasteiger partial charge in [0.25, 0.3) is 0 Å². The van der Waals surface area contributed by atoms with Crippen molar-refractivity contribution in [1.29, 1.82) is 0 Å². The Labute approximate surface area is 139 Å². The van der Waals surface area contributed by atoms with Gasteiger partial charge in [-0.3, -0.25) is 4.79 Å². The van der Waals surface area contributed by atoms with Crippen LogP contribution in [-0.2, 0) is 11.2 Å². The van der Waals surface area contributed by atoms with E-state index in [1.165, 1.54) is 11.8 Å². The second kappa shape index (κ2) is 8.15. The molecule has 4 nitrogen and oxygen atoms in total. The van der Waals surface area contributed by atoms with E-state index in [1.807, 2.05) is 25.1 Å². The zero-order chi connectivity index (χ0) is 15.9. The molecular weight excluding hydrogens is 318 g/mol. The van der Waals surface area contributed by atoms with Gasteiger partial charge in [0.2, 0.25) is 5.91 Å². The average molecular weight is 336 g/mol. The standard InChI is InChI=1S/C16H18ClN3OS/c1-3-5-12-8-16(19-10-18-12)22-9-15(21)20-14-7-4-6-13(17)11(14)2/h4,6-8,10H,3,5,9H2,1-2H3,(H,20,21). The fourth-order valence-electron chi connectivity index (χ4n) is 1.92. The van der Waals surface area contributed by atoms with E-state index < -0.39 is 0 Å². The summed E-state index contributed by atoms with van der Waals surface area (Å²) in [6.45, 7) is 3.99. The molecule has 6 heteroatoms. The first-order chi connectivity index (χ1) is 10.6. The van der Waals surface area contributed by atoms with Crippen LogP contribution in [0, 0.1) is 6.92 Å². The van der Waals surface area contributed by atoms with Crippen LogP contribution in [0.2, 0.25) is 5.02 Å². The molecule has 0 spiro atoms. The number of anilines is 1. The molecule has 0 radical (unpaired) electrons. The zero-order valence-electron chi connectivity index (χ0n) is 12.6. The maximum absolute atomic E-state index is 12.0. The predicted octanol–water partition coefficient (Wildman–Crippen LogP) is 4.12. The second-order valence-corrected chi connectivity index (χ2v) is 6.25. The lowest BCUT2D eigenvalue weighted by atomic mass is 10.2. The summed E-state index contributed by atoms with van der Waals surface area (Å²) in [6.07, 6.45) is 3.51. The van der Waals surface area contributed by atoms with Gasteiger partial charge in [0.1, 0.15) is 11.4 Å². The summed E-state index contributed by atoms with van der Waals surface area (Å²) in [5.74, 6) is 0.222. The van der Waals surface area contributed by atoms with Gasteiger partial charge in [-0.25, -0.2) is 9.97 Å². The largest absolute Gasteiger partial charge is 0.325 e. The van der Waals surface area contributed by atoms with E-state index in [2.05, 4.69) is 22.2 Å². The maximum Gasteiger partial charge on any atom is 0.234 e. The summed E-state index contributed by atoms with van der Waals surface area (Å²) < 4.78 is 0. The number of benzene rings is 1. The van der Waals surface area contributed by atoms with Crippen LogP contribution in [0.25, 0.3) is 0 Å². The fourth-order valence-corrected chi connectivity index (χ4v) is 2.78. The number of halogens is 1. The number of hydrogen-bond acceptors (Lipinski definition) is 4. The molecule has 1 heterocycles. The van der Waals surface area contributed by atoms with E-state index in [0.29, 0.717) is 10.8 Å². The Hall–Kier alpha value is -1.59. The van der Waals surface area contributed by atoms with Gasteiger partial charge >= 0.3 is 0 Å². The summed E-state index contributed by atoms with van der Waals surface area (Å²) in [5.41, 5.74) is 2.62. The molecule has 1 amide bonds. The SMILES string of the molecule is CCCc1cc(SCC(=O)Nc2cccc(Cl)c2C)ncn1. The Balaban J connectivity index is 1.93. The first kappa shape index (κ1) is 16.8. The molecule has 0 aliphatic carbocycles. The smallest absolute Gasteiger partial charge is 0.234 e. The highest BCUT2D eigenvalue weighted by Crippen LogP contribution is 2.23. The molecule has 2 rings (SSSR count). The number of nitrogens with one attached hydrogen (secondary N) is 1. The van der Waals surface area contributed by atoms with Crippen molar-refractivity contribution < 1.29 is 4.79 Å². The van der Waals surface area contributed by atoms with E-state index in [4.69, 9.17) is 11.6 Å². The number of rotatable bonds is 6. The van der Waals surface area contributed by atoms with Gasteiger partial charge in [-0.05, 0) is 37.1 Å². The Morgan fingerprint density at radius 1 is 1.36 bits per heavy atom. The zero-order valence-corrected chi connectivity index (χ0v) is 14.2. The third kappa shape index (κ3) is 4.71. The maximum atomic E-state index is 12.0. The van der Waals surface area contributed by atoms with Crippen molar-refractivity contribution in [2.75, 3.05) is 11.1 Å². The highest BCUT2D eigenvalue weighted by molar-refractivity contribution is 7.99. The summed E-state index contributed by atoms with van der Waals surface area (Å²) in [4.78, 5) is 20.4. The Morgan fingerprint density at radius 3 is 2.95 bits per heavy atom. The molecule has 0 aliphatic rings. The number of carbonyl (C=O) groups excluding carboxylic acids is 1. The number of carbonyl (C=O) groups is 1. The number of amides is 1. The number of aromatic nitrogens is 2. The molecule has 1 N–H and O–H groups in total. The van der Waals surface area contributed by atoms with E-state index in [-0.39, 0.29) is 5.91 Å². The summed E-state index contributed by atoms with van der Waals surface area (Å²) in [6, 6.07) is 7.40. The van der Waals surface area contributed by atoms with E-state index in [1.54, 1.807) is 12.4 Å². The first-order valence-electron chi connectivity index (χ1n) is 7.09. The molecule has 0 saturated heterocycles. The van der Waals surface area contributed by atoms with Gasteiger partial charge in [-0.2, -0.15) is 0 Å². The Morgan fingerprint density at radius 2 is 2.18 bits per heavy atom. The minimum Gasteiger partial charge on any atom is -0.325 e. The van der Waals surface area contributed by atoms with Crippen LogP contribution in [0.15, 0.2) is 35.6 Å². The Bertz CT molecular complexity index is 664. The van der Waals surface area contributed by atoms with Crippen molar-refractivity contribution in [3.05, 3.63) is 46.9 Å². The molecule has 0 unspecified atom stereocenters.